The molecule has 12 heteroatoms. The maximum atomic E-state index is 11.5. The van der Waals surface area contributed by atoms with E-state index in [-0.39, 0.29) is 24.3 Å². The van der Waals surface area contributed by atoms with Gasteiger partial charge in [-0.25, -0.2) is 29.0 Å². The largest absolute Gasteiger partial charge is 0.543 e. The quantitative estimate of drug-likeness (QED) is 0.176. The summed E-state index contributed by atoms with van der Waals surface area (Å²) in [6, 6.07) is 15.9. The highest BCUT2D eigenvalue weighted by molar-refractivity contribution is 5.89. The lowest BCUT2D eigenvalue weighted by atomic mass is 10.2. The average Bonchev–Trinajstić information content (AvgIpc) is 2.86. The number of rotatable bonds is 13. The summed E-state index contributed by atoms with van der Waals surface area (Å²) in [6.45, 7) is 0.0801. The lowest BCUT2D eigenvalue weighted by Gasteiger charge is -2.05. The predicted molar refractivity (Wildman–Crippen MR) is 109 cm³/mol. The molecule has 0 fully saturated rings. The normalized spacial score (nSPS) is 10.0. The van der Waals surface area contributed by atoms with Crippen molar-refractivity contribution in [1.82, 2.24) is 0 Å². The summed E-state index contributed by atoms with van der Waals surface area (Å²) < 4.78 is 9.46. The minimum absolute atomic E-state index is 0.0400. The van der Waals surface area contributed by atoms with Crippen LogP contribution in [-0.4, -0.2) is 37.5 Å². The van der Waals surface area contributed by atoms with Crippen molar-refractivity contribution >= 4 is 24.2 Å². The highest BCUT2D eigenvalue weighted by atomic mass is 17.5. The van der Waals surface area contributed by atoms with Crippen molar-refractivity contribution in [2.24, 2.45) is 0 Å². The summed E-state index contributed by atoms with van der Waals surface area (Å²) in [5.41, 5.74) is 0.437. The Balaban J connectivity index is 1.38. The van der Waals surface area contributed by atoms with Crippen LogP contribution in [0.5, 0.6) is 0 Å². The van der Waals surface area contributed by atoms with Gasteiger partial charge in [0.05, 0.1) is 34.4 Å². The summed E-state index contributed by atoms with van der Waals surface area (Å²) in [7, 11) is 0. The van der Waals surface area contributed by atoms with E-state index in [4.69, 9.17) is 9.47 Å². The molecule has 0 saturated carbocycles. The summed E-state index contributed by atoms with van der Waals surface area (Å²) in [4.78, 5) is 62.6. The maximum Gasteiger partial charge on any atom is 0.543 e. The smallest absolute Gasteiger partial charge is 0.432 e. The Morgan fingerprint density at radius 1 is 0.500 bits per heavy atom. The van der Waals surface area contributed by atoms with E-state index in [1.54, 1.807) is 36.4 Å². The molecule has 182 valence electrons. The molecule has 0 N–H and O–H groups in total. The summed E-state index contributed by atoms with van der Waals surface area (Å²) >= 11 is 0. The first-order chi connectivity index (χ1) is 16.6. The minimum Gasteiger partial charge on any atom is -0.432 e. The molecule has 0 radical (unpaired) electrons. The molecule has 0 unspecified atom stereocenters. The fraction of sp³-hybridized carbons (Fsp3) is 0.273. The van der Waals surface area contributed by atoms with Crippen LogP contribution < -0.4 is 0 Å². The van der Waals surface area contributed by atoms with Gasteiger partial charge in [-0.3, -0.25) is 9.78 Å². The zero-order valence-corrected chi connectivity index (χ0v) is 17.9. The zero-order chi connectivity index (χ0) is 24.4. The molecule has 0 aliphatic carbocycles. The van der Waals surface area contributed by atoms with Crippen LogP contribution in [-0.2, 0) is 39.1 Å². The first-order valence-electron chi connectivity index (χ1n) is 10.1. The molecule has 0 spiro atoms. The van der Waals surface area contributed by atoms with Crippen molar-refractivity contribution in [3.8, 4) is 0 Å². The van der Waals surface area contributed by atoms with Crippen molar-refractivity contribution in [3.05, 3.63) is 71.8 Å². The number of hydrogen-bond acceptors (Lipinski definition) is 12. The molecular weight excluding hydrogens is 456 g/mol. The molecule has 0 aromatic heterocycles. The molecule has 2 aromatic carbocycles. The predicted octanol–water partition coefficient (Wildman–Crippen LogP) is 4.26. The van der Waals surface area contributed by atoms with Gasteiger partial charge < -0.3 is 9.47 Å². The average molecular weight is 478 g/mol. The van der Waals surface area contributed by atoms with E-state index in [0.29, 0.717) is 25.7 Å². The van der Waals surface area contributed by atoms with E-state index >= 15 is 0 Å². The van der Waals surface area contributed by atoms with Crippen molar-refractivity contribution in [2.75, 3.05) is 13.2 Å². The van der Waals surface area contributed by atoms with E-state index in [2.05, 4.69) is 29.6 Å². The minimum atomic E-state index is -1.17. The first-order valence-corrected chi connectivity index (χ1v) is 10.1. The standard InChI is InChI=1S/C22H22O12/c23-19(17-11-5-3-6-12-17)29-33-31-21(25)27-15-9-1-2-10-16-28-22(26)32-34-30-20(24)18-13-7-4-8-14-18/h3-8,11-14H,1-2,9-10,15-16H2. The van der Waals surface area contributed by atoms with Gasteiger partial charge in [0.15, 0.2) is 0 Å². The molecule has 34 heavy (non-hydrogen) atoms. The van der Waals surface area contributed by atoms with Crippen LogP contribution in [0, 0.1) is 0 Å². The lowest BCUT2D eigenvalue weighted by molar-refractivity contribution is -0.452. The molecule has 12 nitrogen and oxygen atoms in total. The van der Waals surface area contributed by atoms with E-state index in [9.17, 15) is 19.2 Å². The first kappa shape index (κ1) is 26.1. The van der Waals surface area contributed by atoms with E-state index in [1.807, 2.05) is 0 Å². The number of benzene rings is 2. The van der Waals surface area contributed by atoms with Crippen molar-refractivity contribution < 1.29 is 58.3 Å². The van der Waals surface area contributed by atoms with Gasteiger partial charge in [0.25, 0.3) is 0 Å². The van der Waals surface area contributed by atoms with Gasteiger partial charge in [-0.2, -0.15) is 0 Å². The monoisotopic (exact) mass is 478 g/mol. The number of hydrogen-bond donors (Lipinski definition) is 0. The molecule has 0 amide bonds. The third-order valence-electron chi connectivity index (χ3n) is 3.92. The Morgan fingerprint density at radius 3 is 1.26 bits per heavy atom. The second kappa shape index (κ2) is 15.6. The van der Waals surface area contributed by atoms with Gasteiger partial charge in [0, 0.05) is 0 Å². The Bertz CT molecular complexity index is 825. The summed E-state index contributed by atoms with van der Waals surface area (Å²) in [5.74, 6) is -1.67. The van der Waals surface area contributed by atoms with Crippen LogP contribution in [0.25, 0.3) is 0 Å². The summed E-state index contributed by atoms with van der Waals surface area (Å²) in [6.07, 6.45) is -0.0227. The molecule has 0 atom stereocenters. The Kier molecular flexibility index (Phi) is 12.0. The Morgan fingerprint density at radius 2 is 0.882 bits per heavy atom. The summed E-state index contributed by atoms with van der Waals surface area (Å²) in [5, 5.41) is 8.17. The molecule has 0 aliphatic heterocycles. The van der Waals surface area contributed by atoms with Gasteiger partial charge in [0.2, 0.25) is 0 Å². The molecule has 2 rings (SSSR count). The topological polar surface area (TPSA) is 142 Å². The van der Waals surface area contributed by atoms with E-state index < -0.39 is 24.2 Å². The SMILES string of the molecule is O=C(OCCCCCCOC(=O)OOOC(=O)c1ccccc1)OOOC(=O)c1ccccc1. The van der Waals surface area contributed by atoms with Gasteiger partial charge in [-0.15, -0.1) is 0 Å². The third-order valence-corrected chi connectivity index (χ3v) is 3.92. The van der Waals surface area contributed by atoms with Crippen LogP contribution >= 0.6 is 0 Å². The highest BCUT2D eigenvalue weighted by Crippen LogP contribution is 2.05. The van der Waals surface area contributed by atoms with E-state index in [0.717, 1.165) is 0 Å². The molecule has 0 saturated heterocycles. The van der Waals surface area contributed by atoms with Crippen LogP contribution in [0.2, 0.25) is 0 Å². The lowest BCUT2D eigenvalue weighted by Crippen LogP contribution is -2.13. The zero-order valence-electron chi connectivity index (χ0n) is 17.9. The fourth-order valence-electron chi connectivity index (χ4n) is 2.31. The maximum absolute atomic E-state index is 11.5. The van der Waals surface area contributed by atoms with Crippen LogP contribution in [0.4, 0.5) is 9.59 Å². The molecule has 0 aliphatic rings. The molecule has 0 bridgehead atoms. The van der Waals surface area contributed by atoms with Crippen molar-refractivity contribution in [3.63, 3.8) is 0 Å². The highest BCUT2D eigenvalue weighted by Gasteiger charge is 2.12. The fourth-order valence-corrected chi connectivity index (χ4v) is 2.31. The van der Waals surface area contributed by atoms with Gasteiger partial charge in [-0.1, -0.05) is 36.4 Å². The van der Waals surface area contributed by atoms with Gasteiger partial charge in [0.1, 0.15) is 0 Å². The van der Waals surface area contributed by atoms with Crippen molar-refractivity contribution in [1.29, 1.82) is 0 Å². The molecule has 2 aromatic rings. The van der Waals surface area contributed by atoms with Crippen LogP contribution in [0.1, 0.15) is 46.4 Å². The number of unbranched alkanes of at least 4 members (excludes halogenated alkanes) is 3. The second-order valence-corrected chi connectivity index (χ2v) is 6.39. The van der Waals surface area contributed by atoms with E-state index in [1.165, 1.54) is 24.3 Å². The van der Waals surface area contributed by atoms with Crippen LogP contribution in [0.3, 0.4) is 0 Å². The molecule has 0 heterocycles. The van der Waals surface area contributed by atoms with Gasteiger partial charge >= 0.3 is 24.2 Å². The molecular formula is C22H22O12. The Hall–Kier alpha value is -4.16. The van der Waals surface area contributed by atoms with Crippen molar-refractivity contribution in [2.45, 2.75) is 25.7 Å². The number of ether oxygens (including phenoxy) is 2. The third kappa shape index (κ3) is 10.9. The second-order valence-electron chi connectivity index (χ2n) is 6.39. The number of carbonyl (C=O) groups excluding carboxylic acids is 4. The number of carbonyl (C=O) groups is 4. The van der Waals surface area contributed by atoms with Crippen LogP contribution in [0.15, 0.2) is 60.7 Å². The van der Waals surface area contributed by atoms with Gasteiger partial charge in [-0.05, 0) is 49.9 Å². The Labute approximate surface area is 193 Å².